The van der Waals surface area contributed by atoms with Gasteiger partial charge in [0.2, 0.25) is 5.91 Å². The largest absolute Gasteiger partial charge is 0.361 e. The summed E-state index contributed by atoms with van der Waals surface area (Å²) in [5, 5.41) is 7.12. The molecule has 1 saturated heterocycles. The van der Waals surface area contributed by atoms with Crippen LogP contribution < -0.4 is 5.32 Å². The lowest BCUT2D eigenvalue weighted by atomic mass is 9.97. The van der Waals surface area contributed by atoms with Crippen LogP contribution in [0, 0.1) is 6.92 Å². The zero-order valence-corrected chi connectivity index (χ0v) is 15.3. The number of amides is 1. The molecule has 138 valence electrons. The van der Waals surface area contributed by atoms with E-state index in [1.165, 1.54) is 31.3 Å². The lowest BCUT2D eigenvalue weighted by Gasteiger charge is -2.33. The van der Waals surface area contributed by atoms with Crippen LogP contribution in [0.3, 0.4) is 0 Å². The van der Waals surface area contributed by atoms with E-state index in [4.69, 9.17) is 4.52 Å². The fourth-order valence-corrected chi connectivity index (χ4v) is 3.58. The van der Waals surface area contributed by atoms with E-state index in [9.17, 15) is 4.79 Å². The molecule has 0 radical (unpaired) electrons. The van der Waals surface area contributed by atoms with Gasteiger partial charge in [-0.1, -0.05) is 16.8 Å². The van der Waals surface area contributed by atoms with Gasteiger partial charge in [-0.3, -0.25) is 14.6 Å². The molecule has 0 unspecified atom stereocenters. The van der Waals surface area contributed by atoms with Crippen molar-refractivity contribution in [1.82, 2.24) is 20.3 Å². The summed E-state index contributed by atoms with van der Waals surface area (Å²) >= 11 is 0. The fraction of sp³-hybridized carbons (Fsp3) is 0.684. The molecule has 6 heteroatoms. The van der Waals surface area contributed by atoms with Crippen molar-refractivity contribution in [3.8, 4) is 0 Å². The van der Waals surface area contributed by atoms with Gasteiger partial charge in [0.05, 0.1) is 12.2 Å². The van der Waals surface area contributed by atoms with Crippen molar-refractivity contribution in [2.45, 2.75) is 45.6 Å². The Morgan fingerprint density at radius 2 is 2.04 bits per heavy atom. The summed E-state index contributed by atoms with van der Waals surface area (Å²) in [5.41, 5.74) is 2.50. The number of rotatable bonds is 7. The van der Waals surface area contributed by atoms with Crippen molar-refractivity contribution in [2.75, 3.05) is 39.3 Å². The SMILES string of the molecule is Cc1cc(CN2CCN(CC(=O)NCCC3=CCCCC3)CC2)no1. The zero-order chi connectivity index (χ0) is 17.5. The Kier molecular flexibility index (Phi) is 6.64. The lowest BCUT2D eigenvalue weighted by molar-refractivity contribution is -0.122. The predicted octanol–water partition coefficient (Wildman–Crippen LogP) is 2.11. The van der Waals surface area contributed by atoms with Gasteiger partial charge in [0.1, 0.15) is 5.76 Å². The van der Waals surface area contributed by atoms with E-state index in [1.54, 1.807) is 0 Å². The van der Waals surface area contributed by atoms with Crippen LogP contribution in [0.4, 0.5) is 0 Å². The van der Waals surface area contributed by atoms with Crippen LogP contribution in [-0.4, -0.2) is 60.1 Å². The molecule has 0 bridgehead atoms. The highest BCUT2D eigenvalue weighted by atomic mass is 16.5. The Bertz CT molecular complexity index is 588. The van der Waals surface area contributed by atoms with Crippen LogP contribution in [-0.2, 0) is 11.3 Å². The Balaban J connectivity index is 1.30. The van der Waals surface area contributed by atoms with Crippen LogP contribution in [0.5, 0.6) is 0 Å². The Morgan fingerprint density at radius 3 is 2.72 bits per heavy atom. The minimum absolute atomic E-state index is 0.150. The summed E-state index contributed by atoms with van der Waals surface area (Å²) in [6.45, 7) is 7.80. The van der Waals surface area contributed by atoms with E-state index in [2.05, 4.69) is 26.3 Å². The molecule has 0 atom stereocenters. The first-order valence-corrected chi connectivity index (χ1v) is 9.50. The number of aromatic nitrogens is 1. The second-order valence-electron chi connectivity index (χ2n) is 7.19. The monoisotopic (exact) mass is 346 g/mol. The van der Waals surface area contributed by atoms with Crippen LogP contribution in [0.25, 0.3) is 0 Å². The number of carbonyl (C=O) groups excluding carboxylic acids is 1. The number of carbonyl (C=O) groups is 1. The Hall–Kier alpha value is -1.66. The number of hydrogen-bond donors (Lipinski definition) is 1. The lowest BCUT2D eigenvalue weighted by Crippen LogP contribution is -2.49. The van der Waals surface area contributed by atoms with Crippen LogP contribution in [0.15, 0.2) is 22.2 Å². The molecule has 1 aromatic rings. The molecule has 1 N–H and O–H groups in total. The summed E-state index contributed by atoms with van der Waals surface area (Å²) < 4.78 is 5.12. The van der Waals surface area contributed by atoms with Gasteiger partial charge in [0, 0.05) is 45.3 Å². The number of hydrogen-bond acceptors (Lipinski definition) is 5. The molecule has 0 spiro atoms. The number of nitrogens with zero attached hydrogens (tertiary/aromatic N) is 3. The van der Waals surface area contributed by atoms with Crippen molar-refractivity contribution < 1.29 is 9.32 Å². The van der Waals surface area contributed by atoms with E-state index in [0.717, 1.165) is 57.1 Å². The maximum absolute atomic E-state index is 12.1. The highest BCUT2D eigenvalue weighted by Crippen LogP contribution is 2.19. The Labute approximate surface area is 150 Å². The molecule has 25 heavy (non-hydrogen) atoms. The quantitative estimate of drug-likeness (QED) is 0.766. The second kappa shape index (κ2) is 9.15. The maximum atomic E-state index is 12.1. The van der Waals surface area contributed by atoms with E-state index >= 15 is 0 Å². The fourth-order valence-electron chi connectivity index (χ4n) is 3.58. The van der Waals surface area contributed by atoms with Crippen molar-refractivity contribution in [3.05, 3.63) is 29.2 Å². The predicted molar refractivity (Wildman–Crippen MR) is 97.1 cm³/mol. The molecular formula is C19H30N4O2. The van der Waals surface area contributed by atoms with Gasteiger partial charge in [0.25, 0.3) is 0 Å². The van der Waals surface area contributed by atoms with Crippen molar-refractivity contribution >= 4 is 5.91 Å². The molecule has 1 aromatic heterocycles. The third-order valence-electron chi connectivity index (χ3n) is 5.05. The molecule has 2 heterocycles. The smallest absolute Gasteiger partial charge is 0.234 e. The van der Waals surface area contributed by atoms with E-state index in [0.29, 0.717) is 6.54 Å². The molecule has 1 amide bonds. The topological polar surface area (TPSA) is 61.6 Å². The second-order valence-corrected chi connectivity index (χ2v) is 7.19. The Morgan fingerprint density at radius 1 is 1.24 bits per heavy atom. The zero-order valence-electron chi connectivity index (χ0n) is 15.3. The van der Waals surface area contributed by atoms with Gasteiger partial charge in [-0.2, -0.15) is 0 Å². The van der Waals surface area contributed by atoms with Crippen LogP contribution >= 0.6 is 0 Å². The van der Waals surface area contributed by atoms with Crippen molar-refractivity contribution in [2.24, 2.45) is 0 Å². The van der Waals surface area contributed by atoms with Crippen LogP contribution in [0.1, 0.15) is 43.6 Å². The van der Waals surface area contributed by atoms with Gasteiger partial charge in [-0.05, 0) is 39.0 Å². The minimum Gasteiger partial charge on any atom is -0.361 e. The van der Waals surface area contributed by atoms with Gasteiger partial charge < -0.3 is 9.84 Å². The first-order valence-electron chi connectivity index (χ1n) is 9.50. The van der Waals surface area contributed by atoms with Gasteiger partial charge in [0.15, 0.2) is 0 Å². The third kappa shape index (κ3) is 5.97. The number of allylic oxidation sites excluding steroid dienone is 1. The highest BCUT2D eigenvalue weighted by molar-refractivity contribution is 5.78. The molecular weight excluding hydrogens is 316 g/mol. The van der Waals surface area contributed by atoms with E-state index in [-0.39, 0.29) is 5.91 Å². The maximum Gasteiger partial charge on any atom is 0.234 e. The molecule has 3 rings (SSSR count). The number of piperazine rings is 1. The summed E-state index contributed by atoms with van der Waals surface area (Å²) in [6, 6.07) is 1.99. The van der Waals surface area contributed by atoms with Gasteiger partial charge in [-0.25, -0.2) is 0 Å². The number of nitrogens with one attached hydrogen (secondary N) is 1. The molecule has 0 saturated carbocycles. The third-order valence-corrected chi connectivity index (χ3v) is 5.05. The molecule has 1 fully saturated rings. The van der Waals surface area contributed by atoms with Gasteiger partial charge in [-0.15, -0.1) is 0 Å². The minimum atomic E-state index is 0.150. The first-order chi connectivity index (χ1) is 12.2. The summed E-state index contributed by atoms with van der Waals surface area (Å²) in [4.78, 5) is 16.7. The van der Waals surface area contributed by atoms with Crippen LogP contribution in [0.2, 0.25) is 0 Å². The summed E-state index contributed by atoms with van der Waals surface area (Å²) in [7, 11) is 0. The standard InChI is InChI=1S/C19H30N4O2/c1-16-13-18(21-25-16)14-22-9-11-23(12-10-22)15-19(24)20-8-7-17-5-3-2-4-6-17/h5,13H,2-4,6-12,14-15H2,1H3,(H,20,24). The molecule has 1 aliphatic carbocycles. The number of aryl methyl sites for hydroxylation is 1. The molecule has 6 nitrogen and oxygen atoms in total. The highest BCUT2D eigenvalue weighted by Gasteiger charge is 2.19. The van der Waals surface area contributed by atoms with E-state index < -0.39 is 0 Å². The van der Waals surface area contributed by atoms with Crippen molar-refractivity contribution in [1.29, 1.82) is 0 Å². The normalized spacial score (nSPS) is 19.6. The first kappa shape index (κ1) is 18.1. The molecule has 0 aromatic carbocycles. The molecule has 2 aliphatic rings. The average molecular weight is 346 g/mol. The van der Waals surface area contributed by atoms with Crippen molar-refractivity contribution in [3.63, 3.8) is 0 Å². The van der Waals surface area contributed by atoms with E-state index in [1.807, 2.05) is 13.0 Å². The average Bonchev–Trinajstić information content (AvgIpc) is 3.02. The molecule has 1 aliphatic heterocycles. The summed E-state index contributed by atoms with van der Waals surface area (Å²) in [5.74, 6) is 1.01. The van der Waals surface area contributed by atoms with Gasteiger partial charge >= 0.3 is 0 Å². The summed E-state index contributed by atoms with van der Waals surface area (Å²) in [6.07, 6.45) is 8.41.